The lowest BCUT2D eigenvalue weighted by Crippen LogP contribution is -2.23. The molecule has 5 nitrogen and oxygen atoms in total. The molecule has 18 heavy (non-hydrogen) atoms. The molecule has 0 saturated carbocycles. The predicted octanol–water partition coefficient (Wildman–Crippen LogP) is 1.23. The van der Waals surface area contributed by atoms with Gasteiger partial charge in [0.2, 0.25) is 0 Å². The molecule has 0 fully saturated rings. The molecule has 0 bridgehead atoms. The Balaban J connectivity index is 2.23. The van der Waals surface area contributed by atoms with Crippen LogP contribution in [0.25, 0.3) is 0 Å². The lowest BCUT2D eigenvalue weighted by molar-refractivity contribution is 0.0701. The van der Waals surface area contributed by atoms with Crippen molar-refractivity contribution in [3.8, 4) is 0 Å². The van der Waals surface area contributed by atoms with Crippen LogP contribution < -0.4 is 5.32 Å². The summed E-state index contributed by atoms with van der Waals surface area (Å²) in [6.07, 6.45) is 1.91. The van der Waals surface area contributed by atoms with Gasteiger partial charge in [-0.15, -0.1) is 11.3 Å². The highest BCUT2D eigenvalue weighted by molar-refractivity contribution is 7.13. The molecule has 2 N–H and O–H groups in total. The highest BCUT2D eigenvalue weighted by atomic mass is 32.1. The van der Waals surface area contributed by atoms with Gasteiger partial charge >= 0.3 is 5.97 Å². The van der Waals surface area contributed by atoms with Gasteiger partial charge in [-0.3, -0.25) is 0 Å². The Bertz CT molecular complexity index is 391. The quantitative estimate of drug-likeness (QED) is 0.696. The van der Waals surface area contributed by atoms with Gasteiger partial charge in [-0.25, -0.2) is 9.78 Å². The van der Waals surface area contributed by atoms with Crippen molar-refractivity contribution in [1.29, 1.82) is 0 Å². The number of hydrogen-bond acceptors (Lipinski definition) is 5. The number of aromatic carboxylic acids is 1. The predicted molar refractivity (Wildman–Crippen MR) is 73.6 cm³/mol. The summed E-state index contributed by atoms with van der Waals surface area (Å²) in [5.41, 5.74) is 0.620. The number of hydrogen-bond donors (Lipinski definition) is 2. The number of rotatable bonds is 8. The monoisotopic (exact) mass is 271 g/mol. The first-order chi connectivity index (χ1) is 8.50. The number of carboxylic acid groups (broad SMARTS) is 1. The highest BCUT2D eigenvalue weighted by Gasteiger charge is 2.13. The molecule has 0 radical (unpaired) electrons. The molecule has 0 unspecified atom stereocenters. The second-order valence-corrected chi connectivity index (χ2v) is 5.57. The number of aryl methyl sites for hydroxylation is 1. The van der Waals surface area contributed by atoms with Gasteiger partial charge in [-0.2, -0.15) is 0 Å². The maximum atomic E-state index is 10.9. The SMILES string of the molecule is Cc1nc(CCNCCCN(C)C)sc1C(=O)O. The van der Waals surface area contributed by atoms with E-state index >= 15 is 0 Å². The first-order valence-electron chi connectivity index (χ1n) is 6.05. The van der Waals surface area contributed by atoms with Crippen LogP contribution in [-0.4, -0.2) is 54.7 Å². The fraction of sp³-hybridized carbons (Fsp3) is 0.667. The summed E-state index contributed by atoms with van der Waals surface area (Å²) in [5, 5.41) is 13.2. The second-order valence-electron chi connectivity index (χ2n) is 4.48. The number of nitrogens with one attached hydrogen (secondary N) is 1. The molecule has 1 aromatic heterocycles. The second kappa shape index (κ2) is 7.45. The van der Waals surface area contributed by atoms with Gasteiger partial charge in [0, 0.05) is 13.0 Å². The molecule has 1 heterocycles. The molecule has 6 heteroatoms. The Morgan fingerprint density at radius 2 is 2.17 bits per heavy atom. The van der Waals surface area contributed by atoms with E-state index in [1.807, 2.05) is 0 Å². The minimum Gasteiger partial charge on any atom is -0.477 e. The first-order valence-corrected chi connectivity index (χ1v) is 6.87. The van der Waals surface area contributed by atoms with Crippen LogP contribution in [0.5, 0.6) is 0 Å². The van der Waals surface area contributed by atoms with Crippen LogP contribution in [0, 0.1) is 6.92 Å². The van der Waals surface area contributed by atoms with Gasteiger partial charge in [0.1, 0.15) is 4.88 Å². The number of aromatic nitrogens is 1. The van der Waals surface area contributed by atoms with E-state index in [9.17, 15) is 4.79 Å². The Labute approximate surface area is 112 Å². The van der Waals surface area contributed by atoms with Crippen molar-refractivity contribution in [1.82, 2.24) is 15.2 Å². The topological polar surface area (TPSA) is 65.5 Å². The fourth-order valence-corrected chi connectivity index (χ4v) is 2.50. The lowest BCUT2D eigenvalue weighted by atomic mass is 10.3. The average molecular weight is 271 g/mol. The Morgan fingerprint density at radius 3 is 2.72 bits per heavy atom. The molecule has 102 valence electrons. The summed E-state index contributed by atoms with van der Waals surface area (Å²) in [6, 6.07) is 0. The first kappa shape index (κ1) is 15.1. The van der Waals surface area contributed by atoms with Crippen LogP contribution in [0.2, 0.25) is 0 Å². The van der Waals surface area contributed by atoms with Crippen LogP contribution >= 0.6 is 11.3 Å². The molecule has 0 aromatic carbocycles. The zero-order valence-electron chi connectivity index (χ0n) is 11.2. The van der Waals surface area contributed by atoms with E-state index in [4.69, 9.17) is 5.11 Å². The Kier molecular flexibility index (Phi) is 6.24. The normalized spacial score (nSPS) is 11.1. The molecular formula is C12H21N3O2S. The van der Waals surface area contributed by atoms with Crippen molar-refractivity contribution in [3.63, 3.8) is 0 Å². The number of carboxylic acids is 1. The van der Waals surface area contributed by atoms with E-state index in [1.54, 1.807) is 6.92 Å². The van der Waals surface area contributed by atoms with Gasteiger partial charge in [-0.05, 0) is 40.5 Å². The maximum absolute atomic E-state index is 10.9. The summed E-state index contributed by atoms with van der Waals surface area (Å²) in [5.74, 6) is -0.879. The molecular weight excluding hydrogens is 250 g/mol. The third-order valence-electron chi connectivity index (χ3n) is 2.51. The van der Waals surface area contributed by atoms with E-state index in [0.717, 1.165) is 37.5 Å². The van der Waals surface area contributed by atoms with Gasteiger partial charge < -0.3 is 15.3 Å². The van der Waals surface area contributed by atoms with E-state index in [2.05, 4.69) is 29.3 Å². The van der Waals surface area contributed by atoms with Gasteiger partial charge in [0.15, 0.2) is 0 Å². The smallest absolute Gasteiger partial charge is 0.347 e. The van der Waals surface area contributed by atoms with Crippen molar-refractivity contribution in [2.45, 2.75) is 19.8 Å². The Hall–Kier alpha value is -0.980. The molecule has 0 aliphatic rings. The molecule has 0 amide bonds. The third kappa shape index (κ3) is 5.12. The molecule has 0 aliphatic carbocycles. The number of thiazole rings is 1. The van der Waals surface area contributed by atoms with Crippen molar-refractivity contribution in [2.75, 3.05) is 33.7 Å². The van der Waals surface area contributed by atoms with E-state index in [0.29, 0.717) is 10.6 Å². The molecule has 0 saturated heterocycles. The van der Waals surface area contributed by atoms with Crippen molar-refractivity contribution < 1.29 is 9.90 Å². The summed E-state index contributed by atoms with van der Waals surface area (Å²) in [4.78, 5) is 17.6. The van der Waals surface area contributed by atoms with Crippen LogP contribution in [0.3, 0.4) is 0 Å². The molecule has 0 atom stereocenters. The Morgan fingerprint density at radius 1 is 1.44 bits per heavy atom. The lowest BCUT2D eigenvalue weighted by Gasteiger charge is -2.09. The number of carbonyl (C=O) groups is 1. The molecule has 1 rings (SSSR count). The van der Waals surface area contributed by atoms with E-state index < -0.39 is 5.97 Å². The summed E-state index contributed by atoms with van der Waals surface area (Å²) >= 11 is 1.28. The number of nitrogens with zero attached hydrogens (tertiary/aromatic N) is 2. The van der Waals surface area contributed by atoms with Gasteiger partial charge in [-0.1, -0.05) is 0 Å². The molecule has 1 aromatic rings. The maximum Gasteiger partial charge on any atom is 0.347 e. The largest absolute Gasteiger partial charge is 0.477 e. The van der Waals surface area contributed by atoms with E-state index in [1.165, 1.54) is 11.3 Å². The van der Waals surface area contributed by atoms with Gasteiger partial charge in [0.25, 0.3) is 0 Å². The van der Waals surface area contributed by atoms with Crippen molar-refractivity contribution >= 4 is 17.3 Å². The van der Waals surface area contributed by atoms with E-state index in [-0.39, 0.29) is 0 Å². The highest BCUT2D eigenvalue weighted by Crippen LogP contribution is 2.17. The van der Waals surface area contributed by atoms with Crippen LogP contribution in [0.1, 0.15) is 26.8 Å². The zero-order chi connectivity index (χ0) is 13.5. The molecule has 0 aliphatic heterocycles. The summed E-state index contributed by atoms with van der Waals surface area (Å²) in [6.45, 7) is 4.65. The van der Waals surface area contributed by atoms with Crippen molar-refractivity contribution in [2.24, 2.45) is 0 Å². The van der Waals surface area contributed by atoms with Crippen LogP contribution in [0.4, 0.5) is 0 Å². The standard InChI is InChI=1S/C12H21N3O2S/c1-9-11(12(16)17)18-10(14-9)5-7-13-6-4-8-15(2)3/h13H,4-8H2,1-3H3,(H,16,17). The van der Waals surface area contributed by atoms with Crippen molar-refractivity contribution in [3.05, 3.63) is 15.6 Å². The van der Waals surface area contributed by atoms with Crippen LogP contribution in [0.15, 0.2) is 0 Å². The zero-order valence-corrected chi connectivity index (χ0v) is 12.0. The average Bonchev–Trinajstić information content (AvgIpc) is 2.64. The summed E-state index contributed by atoms with van der Waals surface area (Å²) < 4.78 is 0. The fourth-order valence-electron chi connectivity index (χ4n) is 1.60. The van der Waals surface area contributed by atoms with Gasteiger partial charge in [0.05, 0.1) is 10.7 Å². The summed E-state index contributed by atoms with van der Waals surface area (Å²) in [7, 11) is 4.12. The minimum absolute atomic E-state index is 0.359. The minimum atomic E-state index is -0.879. The van der Waals surface area contributed by atoms with Crippen LogP contribution in [-0.2, 0) is 6.42 Å². The third-order valence-corrected chi connectivity index (χ3v) is 3.71. The molecule has 0 spiro atoms.